The fourth-order valence-corrected chi connectivity index (χ4v) is 5.39. The second kappa shape index (κ2) is 9.95. The maximum atomic E-state index is 12.7. The summed E-state index contributed by atoms with van der Waals surface area (Å²) in [4.78, 5) is 36.0. The molecule has 0 aromatic rings. The smallest absolute Gasteiger partial charge is 0.233 e. The van der Waals surface area contributed by atoms with Crippen LogP contribution in [-0.2, 0) is 9.59 Å². The minimum absolute atomic E-state index is 0. The number of aliphatic imine (C=N–C) groups is 1. The van der Waals surface area contributed by atoms with Gasteiger partial charge in [0, 0.05) is 52.4 Å². The van der Waals surface area contributed by atoms with Crippen LogP contribution in [-0.4, -0.2) is 98.9 Å². The molecule has 0 aromatic carbocycles. The van der Waals surface area contributed by atoms with E-state index in [0.717, 1.165) is 45.0 Å². The molecule has 2 aliphatic heterocycles. The lowest BCUT2D eigenvalue weighted by atomic mass is 9.85. The number of imide groups is 1. The Morgan fingerprint density at radius 1 is 1.10 bits per heavy atom. The van der Waals surface area contributed by atoms with Gasteiger partial charge in [-0.3, -0.25) is 24.4 Å². The van der Waals surface area contributed by atoms with Crippen molar-refractivity contribution in [1.82, 2.24) is 25.3 Å². The normalized spacial score (nSPS) is 33.8. The van der Waals surface area contributed by atoms with Crippen LogP contribution in [0.3, 0.4) is 0 Å². The van der Waals surface area contributed by atoms with Gasteiger partial charge < -0.3 is 15.5 Å². The molecule has 0 radical (unpaired) electrons. The Morgan fingerprint density at radius 2 is 1.77 bits per heavy atom. The summed E-state index contributed by atoms with van der Waals surface area (Å²) in [6.07, 6.45) is 5.99. The van der Waals surface area contributed by atoms with Crippen LogP contribution in [0.1, 0.15) is 12.8 Å². The van der Waals surface area contributed by atoms with Crippen LogP contribution in [0, 0.1) is 23.7 Å². The molecule has 4 aliphatic rings. The van der Waals surface area contributed by atoms with Crippen molar-refractivity contribution in [2.45, 2.75) is 18.9 Å². The van der Waals surface area contributed by atoms with Gasteiger partial charge in [-0.1, -0.05) is 12.2 Å². The SMILES string of the molecule is CN=C(NCCCN1C(=O)C2C3C=CC(C3)C2C1=O)NCC1CN(C)CCN1C.I. The van der Waals surface area contributed by atoms with Crippen molar-refractivity contribution >= 4 is 41.8 Å². The molecular weight excluding hydrogens is 495 g/mol. The van der Waals surface area contributed by atoms with Gasteiger partial charge in [0.2, 0.25) is 11.8 Å². The average Bonchev–Trinajstić information content (AvgIpc) is 3.39. The molecule has 3 fully saturated rings. The van der Waals surface area contributed by atoms with Crippen LogP contribution < -0.4 is 10.6 Å². The summed E-state index contributed by atoms with van der Waals surface area (Å²) in [7, 11) is 6.09. The minimum atomic E-state index is -0.0921. The van der Waals surface area contributed by atoms with Crippen molar-refractivity contribution in [3.63, 3.8) is 0 Å². The molecule has 2 bridgehead atoms. The van der Waals surface area contributed by atoms with Gasteiger partial charge in [0.05, 0.1) is 11.8 Å². The molecule has 30 heavy (non-hydrogen) atoms. The van der Waals surface area contributed by atoms with E-state index in [1.165, 1.54) is 4.90 Å². The third kappa shape index (κ3) is 4.52. The molecule has 0 aromatic heterocycles. The Bertz CT molecular complexity index is 684. The van der Waals surface area contributed by atoms with E-state index < -0.39 is 0 Å². The van der Waals surface area contributed by atoms with Gasteiger partial charge >= 0.3 is 0 Å². The number of carbonyl (C=O) groups is 2. The lowest BCUT2D eigenvalue weighted by Gasteiger charge is -2.37. The topological polar surface area (TPSA) is 80.3 Å². The van der Waals surface area contributed by atoms with Crippen LogP contribution in [0.4, 0.5) is 0 Å². The highest BCUT2D eigenvalue weighted by molar-refractivity contribution is 14.0. The zero-order valence-corrected chi connectivity index (χ0v) is 20.5. The largest absolute Gasteiger partial charge is 0.356 e. The van der Waals surface area contributed by atoms with Crippen molar-refractivity contribution < 1.29 is 9.59 Å². The molecule has 9 heteroatoms. The fourth-order valence-electron chi connectivity index (χ4n) is 5.39. The van der Waals surface area contributed by atoms with Gasteiger partial charge in [-0.25, -0.2) is 0 Å². The van der Waals surface area contributed by atoms with E-state index in [1.54, 1.807) is 7.05 Å². The molecule has 2 aliphatic carbocycles. The summed E-state index contributed by atoms with van der Waals surface area (Å²) < 4.78 is 0. The van der Waals surface area contributed by atoms with Gasteiger partial charge in [0.15, 0.2) is 5.96 Å². The van der Waals surface area contributed by atoms with Gasteiger partial charge in [0.1, 0.15) is 0 Å². The van der Waals surface area contributed by atoms with Crippen molar-refractivity contribution in [3.05, 3.63) is 12.2 Å². The van der Waals surface area contributed by atoms with E-state index in [0.29, 0.717) is 19.1 Å². The quantitative estimate of drug-likeness (QED) is 0.128. The second-order valence-electron chi connectivity index (χ2n) is 8.96. The first kappa shape index (κ1) is 23.5. The number of hydrogen-bond donors (Lipinski definition) is 2. The van der Waals surface area contributed by atoms with Gasteiger partial charge in [-0.2, -0.15) is 0 Å². The van der Waals surface area contributed by atoms with Crippen LogP contribution in [0.15, 0.2) is 17.1 Å². The standard InChI is InChI=1S/C21H34N6O2.HI/c1-22-21(24-12-16-13-25(2)9-10-26(16)3)23-7-4-8-27-19(28)17-14-5-6-15(11-14)18(17)20(27)29;/h5-6,14-18H,4,7-13H2,1-3H3,(H2,22,23,24);1H. The Labute approximate surface area is 196 Å². The Hall–Kier alpha value is -1.20. The predicted molar refractivity (Wildman–Crippen MR) is 128 cm³/mol. The van der Waals surface area contributed by atoms with E-state index >= 15 is 0 Å². The number of hydrogen-bond acceptors (Lipinski definition) is 5. The number of amides is 2. The second-order valence-corrected chi connectivity index (χ2v) is 8.96. The number of nitrogens with one attached hydrogen (secondary N) is 2. The van der Waals surface area contributed by atoms with Gasteiger partial charge in [0.25, 0.3) is 0 Å². The zero-order chi connectivity index (χ0) is 20.5. The molecule has 0 spiro atoms. The first-order chi connectivity index (χ1) is 14.0. The number of allylic oxidation sites excluding steroid dienone is 2. The zero-order valence-electron chi connectivity index (χ0n) is 18.2. The molecule has 5 unspecified atom stereocenters. The number of piperazine rings is 1. The maximum Gasteiger partial charge on any atom is 0.233 e. The van der Waals surface area contributed by atoms with E-state index in [1.807, 2.05) is 0 Å². The molecule has 1 saturated carbocycles. The first-order valence-electron chi connectivity index (χ1n) is 10.9. The number of nitrogens with zero attached hydrogens (tertiary/aromatic N) is 4. The number of guanidine groups is 1. The molecule has 8 nitrogen and oxygen atoms in total. The monoisotopic (exact) mass is 530 g/mol. The van der Waals surface area contributed by atoms with Crippen LogP contribution >= 0.6 is 24.0 Å². The first-order valence-corrected chi connectivity index (χ1v) is 10.9. The number of likely N-dealkylation sites (N-methyl/N-ethyl adjacent to an activating group) is 2. The van der Waals surface area contributed by atoms with E-state index in [2.05, 4.69) is 51.7 Å². The number of likely N-dealkylation sites (tertiary alicyclic amines) is 1. The third-order valence-corrected chi connectivity index (χ3v) is 7.12. The number of rotatable bonds is 6. The summed E-state index contributed by atoms with van der Waals surface area (Å²) in [6, 6.07) is 0.454. The van der Waals surface area contributed by atoms with E-state index in [9.17, 15) is 9.59 Å². The summed E-state index contributed by atoms with van der Waals surface area (Å²) in [5, 5.41) is 6.72. The Kier molecular flexibility index (Phi) is 7.78. The van der Waals surface area contributed by atoms with E-state index in [4.69, 9.17) is 0 Å². The lowest BCUT2D eigenvalue weighted by molar-refractivity contribution is -0.140. The lowest BCUT2D eigenvalue weighted by Crippen LogP contribution is -2.55. The van der Waals surface area contributed by atoms with Gasteiger partial charge in [-0.15, -0.1) is 24.0 Å². The van der Waals surface area contributed by atoms with Crippen LogP contribution in [0.25, 0.3) is 0 Å². The fraction of sp³-hybridized carbons (Fsp3) is 0.762. The molecule has 4 rings (SSSR count). The number of halogens is 1. The Balaban J connectivity index is 0.00000256. The van der Waals surface area contributed by atoms with Crippen molar-refractivity contribution in [3.8, 4) is 0 Å². The number of carbonyl (C=O) groups excluding carboxylic acids is 2. The van der Waals surface area contributed by atoms with Crippen molar-refractivity contribution in [2.75, 3.05) is 60.4 Å². The van der Waals surface area contributed by atoms with Crippen LogP contribution in [0.5, 0.6) is 0 Å². The van der Waals surface area contributed by atoms with Gasteiger partial charge in [-0.05, 0) is 38.8 Å². The maximum absolute atomic E-state index is 12.7. The molecule has 2 saturated heterocycles. The molecular formula is C21H35IN6O2. The minimum Gasteiger partial charge on any atom is -0.356 e. The van der Waals surface area contributed by atoms with E-state index in [-0.39, 0.29) is 59.5 Å². The highest BCUT2D eigenvalue weighted by atomic mass is 127. The molecule has 168 valence electrons. The molecule has 2 N–H and O–H groups in total. The van der Waals surface area contributed by atoms with Crippen molar-refractivity contribution in [1.29, 1.82) is 0 Å². The van der Waals surface area contributed by atoms with Crippen LogP contribution in [0.2, 0.25) is 0 Å². The Morgan fingerprint density at radius 3 is 2.40 bits per heavy atom. The average molecular weight is 530 g/mol. The highest BCUT2D eigenvalue weighted by Crippen LogP contribution is 2.52. The summed E-state index contributed by atoms with van der Waals surface area (Å²) in [5.41, 5.74) is 0. The third-order valence-electron chi connectivity index (χ3n) is 7.12. The molecule has 2 amide bonds. The molecule has 2 heterocycles. The summed E-state index contributed by atoms with van der Waals surface area (Å²) in [5.74, 6) is 1.24. The summed E-state index contributed by atoms with van der Waals surface area (Å²) >= 11 is 0. The summed E-state index contributed by atoms with van der Waals surface area (Å²) in [6.45, 7) is 5.22. The molecule has 5 atom stereocenters. The van der Waals surface area contributed by atoms with Crippen molar-refractivity contribution in [2.24, 2.45) is 28.7 Å². The highest BCUT2D eigenvalue weighted by Gasteiger charge is 2.58. The number of fused-ring (bicyclic) bond motifs is 5. The predicted octanol–water partition coefficient (Wildman–Crippen LogP) is 0.212.